The summed E-state index contributed by atoms with van der Waals surface area (Å²) in [6.07, 6.45) is 2.46. The van der Waals surface area contributed by atoms with E-state index in [2.05, 4.69) is 10.3 Å². The van der Waals surface area contributed by atoms with Gasteiger partial charge in [-0.15, -0.1) is 36.2 Å². The highest BCUT2D eigenvalue weighted by molar-refractivity contribution is 7.13. The highest BCUT2D eigenvalue weighted by Crippen LogP contribution is 2.39. The quantitative estimate of drug-likeness (QED) is 0.771. The third-order valence-corrected chi connectivity index (χ3v) is 5.23. The lowest BCUT2D eigenvalue weighted by Crippen LogP contribution is -2.53. The van der Waals surface area contributed by atoms with E-state index in [4.69, 9.17) is 5.73 Å². The second kappa shape index (κ2) is 8.94. The zero-order chi connectivity index (χ0) is 16.4. The van der Waals surface area contributed by atoms with Crippen molar-refractivity contribution < 1.29 is 9.18 Å². The van der Waals surface area contributed by atoms with Crippen LogP contribution >= 0.6 is 36.2 Å². The van der Waals surface area contributed by atoms with E-state index in [9.17, 15) is 9.18 Å². The molecule has 0 aliphatic heterocycles. The average molecular weight is 406 g/mol. The third kappa shape index (κ3) is 5.38. The molecule has 1 aliphatic carbocycles. The molecule has 1 aromatic carbocycles. The molecule has 4 nitrogen and oxygen atoms in total. The molecule has 0 spiro atoms. The van der Waals surface area contributed by atoms with Crippen LogP contribution in [0.5, 0.6) is 0 Å². The maximum atomic E-state index is 13.3. The SMILES string of the molecule is CC(CN)(NC(=O)Cc1csc(-c2cccc(F)c2)n1)C1CC1.Cl.Cl. The van der Waals surface area contributed by atoms with Crippen LogP contribution in [-0.2, 0) is 11.2 Å². The van der Waals surface area contributed by atoms with E-state index in [0.717, 1.165) is 23.4 Å². The molecular formula is C17H22Cl2FN3OS. The van der Waals surface area contributed by atoms with Crippen LogP contribution in [0.2, 0.25) is 0 Å². The largest absolute Gasteiger partial charge is 0.349 e. The number of aromatic nitrogens is 1. The van der Waals surface area contributed by atoms with Gasteiger partial charge in [0.25, 0.3) is 0 Å². The van der Waals surface area contributed by atoms with Crippen LogP contribution in [0.3, 0.4) is 0 Å². The molecule has 138 valence electrons. The Balaban J connectivity index is 0.00000156. The summed E-state index contributed by atoms with van der Waals surface area (Å²) in [5.41, 5.74) is 6.92. The summed E-state index contributed by atoms with van der Waals surface area (Å²) in [6, 6.07) is 6.31. The summed E-state index contributed by atoms with van der Waals surface area (Å²) >= 11 is 1.41. The maximum Gasteiger partial charge on any atom is 0.226 e. The molecular weight excluding hydrogens is 384 g/mol. The van der Waals surface area contributed by atoms with Crippen LogP contribution in [0, 0.1) is 11.7 Å². The predicted octanol–water partition coefficient (Wildman–Crippen LogP) is 3.58. The van der Waals surface area contributed by atoms with Crippen molar-refractivity contribution in [3.8, 4) is 10.6 Å². The number of thiazole rings is 1. The zero-order valence-electron chi connectivity index (χ0n) is 13.8. The van der Waals surface area contributed by atoms with Gasteiger partial charge in [-0.3, -0.25) is 4.79 Å². The molecule has 3 N–H and O–H groups in total. The average Bonchev–Trinajstić information content (AvgIpc) is 3.28. The van der Waals surface area contributed by atoms with E-state index in [1.54, 1.807) is 6.07 Å². The van der Waals surface area contributed by atoms with E-state index >= 15 is 0 Å². The van der Waals surface area contributed by atoms with Crippen LogP contribution in [0.1, 0.15) is 25.5 Å². The molecule has 0 bridgehead atoms. The number of carbonyl (C=O) groups is 1. The first kappa shape index (κ1) is 21.8. The summed E-state index contributed by atoms with van der Waals surface area (Å²) in [5.74, 6) is 0.121. The van der Waals surface area contributed by atoms with Crippen LogP contribution in [0.4, 0.5) is 4.39 Å². The smallest absolute Gasteiger partial charge is 0.226 e. The van der Waals surface area contributed by atoms with Crippen molar-refractivity contribution in [2.75, 3.05) is 6.54 Å². The molecule has 1 fully saturated rings. The van der Waals surface area contributed by atoms with Crippen molar-refractivity contribution in [2.24, 2.45) is 11.7 Å². The molecule has 8 heteroatoms. The molecule has 0 radical (unpaired) electrons. The molecule has 1 atom stereocenters. The Morgan fingerprint density at radius 2 is 2.16 bits per heavy atom. The molecule has 1 amide bonds. The fraction of sp³-hybridized carbons (Fsp3) is 0.412. The van der Waals surface area contributed by atoms with Crippen molar-refractivity contribution >= 4 is 42.1 Å². The van der Waals surface area contributed by atoms with Gasteiger partial charge in [0.15, 0.2) is 0 Å². The Morgan fingerprint density at radius 3 is 2.76 bits per heavy atom. The molecule has 1 unspecified atom stereocenters. The highest BCUT2D eigenvalue weighted by atomic mass is 35.5. The summed E-state index contributed by atoms with van der Waals surface area (Å²) < 4.78 is 13.3. The van der Waals surface area contributed by atoms with Gasteiger partial charge in [0.2, 0.25) is 5.91 Å². The Bertz CT molecular complexity index is 723. The number of nitrogens with zero attached hydrogens (tertiary/aromatic N) is 1. The predicted molar refractivity (Wildman–Crippen MR) is 104 cm³/mol. The number of hydrogen-bond acceptors (Lipinski definition) is 4. The molecule has 0 saturated heterocycles. The first-order chi connectivity index (χ1) is 11.0. The van der Waals surface area contributed by atoms with Gasteiger partial charge in [0, 0.05) is 17.5 Å². The number of hydrogen-bond donors (Lipinski definition) is 2. The molecule has 1 aromatic heterocycles. The van der Waals surface area contributed by atoms with Crippen LogP contribution in [0.15, 0.2) is 29.6 Å². The first-order valence-corrected chi connectivity index (χ1v) is 8.59. The summed E-state index contributed by atoms with van der Waals surface area (Å²) in [5, 5.41) is 5.61. The lowest BCUT2D eigenvalue weighted by atomic mass is 9.95. The number of halogens is 3. The second-order valence-corrected chi connectivity index (χ2v) is 7.13. The fourth-order valence-electron chi connectivity index (χ4n) is 2.71. The van der Waals surface area contributed by atoms with E-state index in [1.165, 1.54) is 23.5 Å². The van der Waals surface area contributed by atoms with E-state index in [0.29, 0.717) is 18.2 Å². The fourth-order valence-corrected chi connectivity index (χ4v) is 3.53. The van der Waals surface area contributed by atoms with E-state index in [1.807, 2.05) is 18.4 Å². The van der Waals surface area contributed by atoms with Crippen LogP contribution in [-0.4, -0.2) is 23.0 Å². The van der Waals surface area contributed by atoms with Gasteiger partial charge in [-0.05, 0) is 37.8 Å². The normalized spacial score (nSPS) is 15.5. The Hall–Kier alpha value is -1.21. The number of benzene rings is 1. The zero-order valence-corrected chi connectivity index (χ0v) is 16.3. The lowest BCUT2D eigenvalue weighted by Gasteiger charge is -2.29. The minimum Gasteiger partial charge on any atom is -0.349 e. The maximum absolute atomic E-state index is 13.3. The van der Waals surface area contributed by atoms with Gasteiger partial charge in [-0.2, -0.15) is 0 Å². The van der Waals surface area contributed by atoms with Gasteiger partial charge < -0.3 is 11.1 Å². The Morgan fingerprint density at radius 1 is 1.44 bits per heavy atom. The Kier molecular flexibility index (Phi) is 7.81. The van der Waals surface area contributed by atoms with Gasteiger partial charge in [-0.25, -0.2) is 9.37 Å². The van der Waals surface area contributed by atoms with Crippen LogP contribution < -0.4 is 11.1 Å². The minimum atomic E-state index is -0.321. The summed E-state index contributed by atoms with van der Waals surface area (Å²) in [6.45, 7) is 2.44. The van der Waals surface area contributed by atoms with Crippen molar-refractivity contribution in [3.63, 3.8) is 0 Å². The van der Waals surface area contributed by atoms with Crippen molar-refractivity contribution in [1.82, 2.24) is 10.3 Å². The summed E-state index contributed by atoms with van der Waals surface area (Å²) in [7, 11) is 0. The molecule has 1 aliphatic rings. The van der Waals surface area contributed by atoms with Crippen LogP contribution in [0.25, 0.3) is 10.6 Å². The monoisotopic (exact) mass is 405 g/mol. The van der Waals surface area contributed by atoms with Gasteiger partial charge in [-0.1, -0.05) is 12.1 Å². The molecule has 3 rings (SSSR count). The standard InChI is InChI=1S/C17H20FN3OS.2ClH/c1-17(10-19,12-5-6-12)21-15(22)8-14-9-23-16(20-14)11-3-2-4-13(18)7-11;;/h2-4,7,9,12H,5-6,8,10,19H2,1H3,(H,21,22);2*1H. The van der Waals surface area contributed by atoms with Crippen molar-refractivity contribution in [2.45, 2.75) is 31.7 Å². The lowest BCUT2D eigenvalue weighted by molar-refractivity contribution is -0.122. The second-order valence-electron chi connectivity index (χ2n) is 6.28. The van der Waals surface area contributed by atoms with Gasteiger partial charge in [0.05, 0.1) is 17.7 Å². The van der Waals surface area contributed by atoms with E-state index < -0.39 is 0 Å². The van der Waals surface area contributed by atoms with E-state index in [-0.39, 0.29) is 48.5 Å². The van der Waals surface area contributed by atoms with Gasteiger partial charge >= 0.3 is 0 Å². The number of rotatable bonds is 6. The summed E-state index contributed by atoms with van der Waals surface area (Å²) in [4.78, 5) is 16.7. The van der Waals surface area contributed by atoms with Gasteiger partial charge in [0.1, 0.15) is 10.8 Å². The number of carbonyl (C=O) groups excluding carboxylic acids is 1. The molecule has 1 heterocycles. The third-order valence-electron chi connectivity index (χ3n) is 4.29. The minimum absolute atomic E-state index is 0. The number of amides is 1. The topological polar surface area (TPSA) is 68.0 Å². The van der Waals surface area contributed by atoms with Crippen molar-refractivity contribution in [1.29, 1.82) is 0 Å². The Labute approximate surface area is 163 Å². The molecule has 25 heavy (non-hydrogen) atoms. The molecule has 2 aromatic rings. The highest BCUT2D eigenvalue weighted by Gasteiger charge is 2.41. The van der Waals surface area contributed by atoms with Crippen molar-refractivity contribution in [3.05, 3.63) is 41.2 Å². The first-order valence-electron chi connectivity index (χ1n) is 7.71. The number of nitrogens with one attached hydrogen (secondary N) is 1. The molecule has 1 saturated carbocycles. The number of nitrogens with two attached hydrogens (primary N) is 1.